The molecule has 2 saturated heterocycles. The number of rotatable bonds is 11. The van der Waals surface area contributed by atoms with Crippen molar-refractivity contribution in [1.29, 1.82) is 0 Å². The van der Waals surface area contributed by atoms with Crippen molar-refractivity contribution < 1.29 is 24.2 Å². The third kappa shape index (κ3) is 8.17. The first-order valence-corrected chi connectivity index (χ1v) is 18.1. The number of amides is 3. The predicted octanol–water partition coefficient (Wildman–Crippen LogP) is 5.98. The Bertz CT molecular complexity index is 1370. The minimum Gasteiger partial charge on any atom is -0.457 e. The van der Waals surface area contributed by atoms with E-state index in [1.165, 1.54) is 19.3 Å². The third-order valence-electron chi connectivity index (χ3n) is 11.0. The lowest BCUT2D eigenvalue weighted by Crippen LogP contribution is -2.75. The van der Waals surface area contributed by atoms with Gasteiger partial charge in [-0.05, 0) is 92.8 Å². The largest absolute Gasteiger partial charge is 0.457 e. The van der Waals surface area contributed by atoms with Gasteiger partial charge in [-0.2, -0.15) is 0 Å². The van der Waals surface area contributed by atoms with Crippen LogP contribution in [-0.2, 0) is 16.1 Å². The smallest absolute Gasteiger partial charge is 0.251 e. The summed E-state index contributed by atoms with van der Waals surface area (Å²) in [4.78, 5) is 44.4. The molecular weight excluding hydrogens is 628 g/mol. The van der Waals surface area contributed by atoms with Gasteiger partial charge in [0.25, 0.3) is 5.91 Å². The molecule has 0 bridgehead atoms. The second kappa shape index (κ2) is 16.5. The quantitative estimate of drug-likeness (QED) is 0.270. The molecule has 4 aliphatic rings. The molecule has 2 aromatic carbocycles. The number of likely N-dealkylation sites (tertiary alicyclic amines) is 1. The van der Waals surface area contributed by atoms with Crippen molar-refractivity contribution in [2.45, 2.75) is 121 Å². The number of aliphatic hydroxyl groups is 1. The van der Waals surface area contributed by atoms with Crippen LogP contribution < -0.4 is 15.4 Å². The first kappa shape index (κ1) is 36.1. The molecule has 4 fully saturated rings. The summed E-state index contributed by atoms with van der Waals surface area (Å²) in [6, 6.07) is 14.8. The Morgan fingerprint density at radius 1 is 0.938 bits per heavy atom. The number of nitrogens with one attached hydrogen (secondary N) is 2. The third-order valence-corrected chi connectivity index (χ3v) is 11.0. The molecule has 2 aliphatic carbocycles. The Balaban J connectivity index is 0.00000451. The van der Waals surface area contributed by atoms with Crippen LogP contribution >= 0.6 is 12.4 Å². The summed E-state index contributed by atoms with van der Waals surface area (Å²) >= 11 is 0. The lowest BCUT2D eigenvalue weighted by Gasteiger charge is -2.52. The van der Waals surface area contributed by atoms with Gasteiger partial charge >= 0.3 is 0 Å². The summed E-state index contributed by atoms with van der Waals surface area (Å²) < 4.78 is 6.05. The fourth-order valence-corrected chi connectivity index (χ4v) is 8.11. The summed E-state index contributed by atoms with van der Waals surface area (Å²) in [5.41, 5.74) is 0.939. The van der Waals surface area contributed by atoms with E-state index in [4.69, 9.17) is 4.74 Å². The number of carbonyl (C=O) groups is 3. The second-order valence-corrected chi connectivity index (χ2v) is 14.2. The minimum atomic E-state index is -0.851. The predicted molar refractivity (Wildman–Crippen MR) is 188 cm³/mol. The van der Waals surface area contributed by atoms with E-state index in [1.54, 1.807) is 12.1 Å². The molecule has 0 aromatic heterocycles. The first-order valence-electron chi connectivity index (χ1n) is 18.1. The van der Waals surface area contributed by atoms with Gasteiger partial charge < -0.3 is 25.4 Å². The van der Waals surface area contributed by atoms with Gasteiger partial charge in [-0.3, -0.25) is 19.3 Å². The van der Waals surface area contributed by atoms with Crippen LogP contribution in [0.25, 0.3) is 0 Å². The van der Waals surface area contributed by atoms with Gasteiger partial charge in [0.2, 0.25) is 11.8 Å². The van der Waals surface area contributed by atoms with Crippen molar-refractivity contribution in [1.82, 2.24) is 20.4 Å². The Morgan fingerprint density at radius 2 is 1.54 bits per heavy atom. The normalized spacial score (nSPS) is 22.6. The van der Waals surface area contributed by atoms with E-state index < -0.39 is 17.7 Å². The zero-order chi connectivity index (χ0) is 32.8. The number of hydrogen-bond acceptors (Lipinski definition) is 6. The number of halogens is 1. The SMILES string of the molecule is CCCCN1C(=O)[C@@H]([C@H](O)C2CCCCC2)NC(=O)C12CCN(Cc1ccc(Oc3ccc(C(=O)NC4CCCC4)cc3)cc1)CC2.Cl. The minimum absolute atomic E-state index is 0. The van der Waals surface area contributed by atoms with Crippen molar-refractivity contribution in [3.05, 3.63) is 59.7 Å². The van der Waals surface area contributed by atoms with E-state index in [1.807, 2.05) is 29.2 Å². The number of unbranched alkanes of at least 4 members (excludes halogenated alkanes) is 1. The van der Waals surface area contributed by atoms with Gasteiger partial charge in [0.15, 0.2) is 0 Å². The monoisotopic (exact) mass is 680 g/mol. The molecule has 3 amide bonds. The Hall–Kier alpha value is -3.14. The van der Waals surface area contributed by atoms with Crippen LogP contribution in [0.1, 0.15) is 106 Å². The molecule has 2 aliphatic heterocycles. The summed E-state index contributed by atoms with van der Waals surface area (Å²) in [6.07, 6.45) is 11.7. The Morgan fingerprint density at radius 3 is 2.17 bits per heavy atom. The van der Waals surface area contributed by atoms with Crippen LogP contribution in [0.4, 0.5) is 0 Å². The number of benzene rings is 2. The molecule has 6 rings (SSSR count). The fraction of sp³-hybridized carbons (Fsp3) is 0.605. The highest BCUT2D eigenvalue weighted by Crippen LogP contribution is 2.36. The molecule has 0 unspecified atom stereocenters. The number of carbonyl (C=O) groups excluding carboxylic acids is 3. The molecule has 48 heavy (non-hydrogen) atoms. The van der Waals surface area contributed by atoms with Gasteiger partial charge in [0.1, 0.15) is 23.1 Å². The molecule has 2 atom stereocenters. The zero-order valence-corrected chi connectivity index (χ0v) is 29.1. The standard InChI is InChI=1S/C38H52N4O5.ClH/c1-2-3-23-42-36(45)33(34(43)28-9-5-4-6-10-28)40-37(46)38(42)21-24-41(25-22-38)26-27-13-17-31(18-14-27)47-32-19-15-29(16-20-32)35(44)39-30-11-7-8-12-30;/h13-20,28,30,33-34,43H,2-12,21-26H2,1H3,(H,39,44)(H,40,46);1H/t33-,34-;/m1./s1. The topological polar surface area (TPSA) is 111 Å². The van der Waals surface area contributed by atoms with Gasteiger partial charge in [-0.25, -0.2) is 0 Å². The maximum absolute atomic E-state index is 13.9. The van der Waals surface area contributed by atoms with Crippen molar-refractivity contribution >= 4 is 30.1 Å². The van der Waals surface area contributed by atoms with Gasteiger partial charge in [0, 0.05) is 37.8 Å². The van der Waals surface area contributed by atoms with Crippen LogP contribution in [-0.4, -0.2) is 76.0 Å². The average molecular weight is 681 g/mol. The molecule has 2 saturated carbocycles. The average Bonchev–Trinajstić information content (AvgIpc) is 3.62. The van der Waals surface area contributed by atoms with Gasteiger partial charge in [-0.1, -0.05) is 57.6 Å². The number of ether oxygens (including phenoxy) is 1. The molecule has 262 valence electrons. The highest BCUT2D eigenvalue weighted by Gasteiger charge is 2.55. The Kier molecular flexibility index (Phi) is 12.4. The summed E-state index contributed by atoms with van der Waals surface area (Å²) in [6.45, 7) is 4.81. The summed E-state index contributed by atoms with van der Waals surface area (Å²) in [5.74, 6) is 1.23. The van der Waals surface area contributed by atoms with Crippen LogP contribution in [0.2, 0.25) is 0 Å². The molecule has 2 aromatic rings. The summed E-state index contributed by atoms with van der Waals surface area (Å²) in [5, 5.41) is 17.3. The zero-order valence-electron chi connectivity index (χ0n) is 28.3. The molecule has 3 N–H and O–H groups in total. The molecule has 1 spiro atoms. The highest BCUT2D eigenvalue weighted by molar-refractivity contribution is 6.00. The van der Waals surface area contributed by atoms with Crippen LogP contribution in [0.5, 0.6) is 11.5 Å². The number of aliphatic hydroxyl groups excluding tert-OH is 1. The molecule has 0 radical (unpaired) electrons. The first-order chi connectivity index (χ1) is 22.9. The van der Waals surface area contributed by atoms with Crippen LogP contribution in [0.15, 0.2) is 48.5 Å². The molecule has 10 heteroatoms. The van der Waals surface area contributed by atoms with E-state index in [0.29, 0.717) is 43.8 Å². The van der Waals surface area contributed by atoms with E-state index >= 15 is 0 Å². The maximum Gasteiger partial charge on any atom is 0.251 e. The number of piperidine rings is 1. The van der Waals surface area contributed by atoms with E-state index in [-0.39, 0.29) is 42.1 Å². The number of nitrogens with zero attached hydrogens (tertiary/aromatic N) is 2. The Labute approximate surface area is 291 Å². The van der Waals surface area contributed by atoms with Crippen LogP contribution in [0.3, 0.4) is 0 Å². The number of hydrogen-bond donors (Lipinski definition) is 3. The highest BCUT2D eigenvalue weighted by atomic mass is 35.5. The van der Waals surface area contributed by atoms with E-state index in [2.05, 4.69) is 34.6 Å². The molecular formula is C38H53ClN4O5. The van der Waals surface area contributed by atoms with Crippen molar-refractivity contribution in [3.63, 3.8) is 0 Å². The van der Waals surface area contributed by atoms with Crippen molar-refractivity contribution in [3.8, 4) is 11.5 Å². The summed E-state index contributed by atoms with van der Waals surface area (Å²) in [7, 11) is 0. The lowest BCUT2D eigenvalue weighted by atomic mass is 9.78. The maximum atomic E-state index is 13.9. The van der Waals surface area contributed by atoms with Crippen molar-refractivity contribution in [2.24, 2.45) is 5.92 Å². The number of piperazine rings is 1. The second-order valence-electron chi connectivity index (χ2n) is 14.2. The van der Waals surface area contributed by atoms with Crippen LogP contribution in [0, 0.1) is 5.92 Å². The van der Waals surface area contributed by atoms with E-state index in [0.717, 1.165) is 69.2 Å². The van der Waals surface area contributed by atoms with Gasteiger partial charge in [-0.15, -0.1) is 12.4 Å². The molecule has 2 heterocycles. The van der Waals surface area contributed by atoms with Gasteiger partial charge in [0.05, 0.1) is 6.10 Å². The fourth-order valence-electron chi connectivity index (χ4n) is 8.11. The molecule has 9 nitrogen and oxygen atoms in total. The van der Waals surface area contributed by atoms with E-state index in [9.17, 15) is 19.5 Å². The lowest BCUT2D eigenvalue weighted by molar-refractivity contribution is -0.166. The van der Waals surface area contributed by atoms with Crippen molar-refractivity contribution in [2.75, 3.05) is 19.6 Å².